The molecule has 0 aromatic heterocycles. The predicted octanol–water partition coefficient (Wildman–Crippen LogP) is 10.8. The van der Waals surface area contributed by atoms with Gasteiger partial charge in [-0.3, -0.25) is 4.57 Å². The van der Waals surface area contributed by atoms with E-state index in [0.717, 1.165) is 19.3 Å². The smallest absolute Gasteiger partial charge is 0.268 e. The molecule has 0 heterocycles. The summed E-state index contributed by atoms with van der Waals surface area (Å²) in [5.41, 5.74) is 3.62. The molecular formula is C39H82NO6PS2. The van der Waals surface area contributed by atoms with Gasteiger partial charge in [-0.2, -0.15) is 23.5 Å². The Morgan fingerprint density at radius 3 is 1.33 bits per heavy atom. The molecule has 7 nitrogen and oxygen atoms in total. The van der Waals surface area contributed by atoms with Gasteiger partial charge in [-0.15, -0.1) is 0 Å². The first-order valence-corrected chi connectivity index (χ1v) is 24.6. The van der Waals surface area contributed by atoms with Gasteiger partial charge in [0.15, 0.2) is 0 Å². The molecule has 0 aromatic rings. The zero-order valence-corrected chi connectivity index (χ0v) is 35.0. The van der Waals surface area contributed by atoms with Crippen molar-refractivity contribution in [3.63, 3.8) is 0 Å². The van der Waals surface area contributed by atoms with Crippen LogP contribution in [0.3, 0.4) is 0 Å². The Morgan fingerprint density at radius 2 is 0.898 bits per heavy atom. The highest BCUT2D eigenvalue weighted by atomic mass is 32.2. The molecule has 0 fully saturated rings. The molecule has 0 spiro atoms. The maximum absolute atomic E-state index is 12.0. The number of ether oxygens (including phenoxy) is 2. The summed E-state index contributed by atoms with van der Waals surface area (Å²) in [6, 6.07) is 0. The quantitative estimate of drug-likeness (QED) is 0.0484. The topological polar surface area (TPSA) is 105 Å². The second-order valence-corrected chi connectivity index (χ2v) is 17.6. The first kappa shape index (κ1) is 49.7. The van der Waals surface area contributed by atoms with Crippen molar-refractivity contribution in [1.82, 2.24) is 0 Å². The van der Waals surface area contributed by atoms with E-state index in [1.807, 2.05) is 0 Å². The van der Waals surface area contributed by atoms with E-state index in [1.54, 1.807) is 0 Å². The molecule has 0 saturated heterocycles. The zero-order valence-electron chi connectivity index (χ0n) is 32.5. The minimum atomic E-state index is -4.35. The summed E-state index contributed by atoms with van der Waals surface area (Å²) in [5, 5.41) is 0. The van der Waals surface area contributed by atoms with Crippen molar-refractivity contribution in [1.29, 1.82) is 0 Å². The minimum absolute atomic E-state index is 0.0268. The number of rotatable bonds is 43. The molecular weight excluding hydrogens is 674 g/mol. The molecule has 0 bridgehead atoms. The van der Waals surface area contributed by atoms with E-state index >= 15 is 0 Å². The fourth-order valence-electron chi connectivity index (χ4n) is 5.65. The fraction of sp³-hybridized carbons (Fsp3) is 1.00. The standard InChI is InChI=1S/C39H82NO6PS2/c1-3-5-7-9-19-25-33-48-35-27-21-15-11-13-17-23-30-43-37-39(38-46-47(41,42)45-32-29-40)44-31-24-18-14-12-16-22-28-36-49-34-26-20-10-8-6-4-2/h39H,3-38,40H2,1-2H3,(H,41,42)/t39-/m1/s1. The lowest BCUT2D eigenvalue weighted by Gasteiger charge is -2.25. The maximum atomic E-state index is 12.0. The lowest BCUT2D eigenvalue weighted by molar-refractivity contribution is -0.373. The van der Waals surface area contributed by atoms with Crippen LogP contribution in [0.5, 0.6) is 0 Å². The lowest BCUT2D eigenvalue weighted by Crippen LogP contribution is -2.52. The van der Waals surface area contributed by atoms with Crippen molar-refractivity contribution in [3.8, 4) is 0 Å². The van der Waals surface area contributed by atoms with Crippen molar-refractivity contribution < 1.29 is 33.7 Å². The van der Waals surface area contributed by atoms with Crippen molar-refractivity contribution in [2.24, 2.45) is 0 Å². The predicted molar refractivity (Wildman–Crippen MR) is 214 cm³/mol. The van der Waals surface area contributed by atoms with Crippen LogP contribution in [-0.4, -0.2) is 68.7 Å². The van der Waals surface area contributed by atoms with Crippen molar-refractivity contribution >= 4 is 31.3 Å². The monoisotopic (exact) mass is 756 g/mol. The van der Waals surface area contributed by atoms with Gasteiger partial charge < -0.3 is 29.1 Å². The number of unbranched alkanes of at least 4 members (excludes halogenated alkanes) is 22. The third-order valence-corrected chi connectivity index (χ3v) is 12.0. The van der Waals surface area contributed by atoms with Gasteiger partial charge in [0.05, 0.1) is 19.8 Å². The van der Waals surface area contributed by atoms with Crippen molar-refractivity contribution in [2.45, 2.75) is 187 Å². The molecule has 0 aliphatic carbocycles. The molecule has 0 aliphatic heterocycles. The van der Waals surface area contributed by atoms with Crippen LogP contribution >= 0.6 is 31.3 Å². The van der Waals surface area contributed by atoms with E-state index in [-0.39, 0.29) is 13.2 Å². The van der Waals surface area contributed by atoms with Gasteiger partial charge >= 0.3 is 0 Å². The van der Waals surface area contributed by atoms with E-state index < -0.39 is 13.9 Å². The van der Waals surface area contributed by atoms with Crippen LogP contribution in [0.15, 0.2) is 0 Å². The first-order chi connectivity index (χ1) is 24.1. The number of phosphoric ester groups is 1. The highest BCUT2D eigenvalue weighted by Gasteiger charge is 2.16. The van der Waals surface area contributed by atoms with Crippen LogP contribution in [0.4, 0.5) is 0 Å². The molecule has 1 unspecified atom stereocenters. The van der Waals surface area contributed by atoms with Gasteiger partial charge in [0.25, 0.3) is 7.82 Å². The summed E-state index contributed by atoms with van der Waals surface area (Å²) < 4.78 is 33.9. The molecule has 3 N–H and O–H groups in total. The summed E-state index contributed by atoms with van der Waals surface area (Å²) in [5.74, 6) is 5.30. The summed E-state index contributed by atoms with van der Waals surface area (Å²) in [6.45, 7) is 6.47. The molecule has 0 radical (unpaired) electrons. The maximum Gasteiger partial charge on any atom is 0.268 e. The van der Waals surface area contributed by atoms with Crippen LogP contribution in [-0.2, 0) is 23.1 Å². The number of quaternary nitrogens is 1. The number of thioether (sulfide) groups is 2. The summed E-state index contributed by atoms with van der Waals surface area (Å²) >= 11 is 4.28. The zero-order chi connectivity index (χ0) is 35.8. The van der Waals surface area contributed by atoms with Gasteiger partial charge in [0.2, 0.25) is 0 Å². The van der Waals surface area contributed by atoms with Gasteiger partial charge in [-0.1, -0.05) is 142 Å². The Balaban J connectivity index is 3.84. The van der Waals surface area contributed by atoms with E-state index in [9.17, 15) is 9.46 Å². The van der Waals surface area contributed by atoms with E-state index in [2.05, 4.69) is 43.1 Å². The van der Waals surface area contributed by atoms with Gasteiger partial charge in [-0.05, 0) is 61.5 Å². The average Bonchev–Trinajstić information content (AvgIpc) is 3.10. The molecule has 0 saturated carbocycles. The van der Waals surface area contributed by atoms with E-state index in [1.165, 1.54) is 171 Å². The van der Waals surface area contributed by atoms with Crippen LogP contribution in [0.2, 0.25) is 0 Å². The Morgan fingerprint density at radius 1 is 0.510 bits per heavy atom. The lowest BCUT2D eigenvalue weighted by atomic mass is 10.1. The normalized spacial score (nSPS) is 13.6. The number of phosphoric acid groups is 1. The molecule has 2 atom stereocenters. The SMILES string of the molecule is CCCCCCCCSCCCCCCCCCOC[C@H](COP(=O)([O-])OCC[NH3+])OCCCCCCCCCSCCCCCCCC. The van der Waals surface area contributed by atoms with Gasteiger partial charge in [-0.25, -0.2) is 0 Å². The van der Waals surface area contributed by atoms with E-state index in [4.69, 9.17) is 18.5 Å². The number of hydrogen-bond acceptors (Lipinski definition) is 8. The second-order valence-electron chi connectivity index (χ2n) is 13.7. The van der Waals surface area contributed by atoms with Crippen LogP contribution in [0.25, 0.3) is 0 Å². The molecule has 49 heavy (non-hydrogen) atoms. The molecule has 10 heteroatoms. The summed E-state index contributed by atoms with van der Waals surface area (Å²) in [6.07, 6.45) is 33.6. The van der Waals surface area contributed by atoms with Crippen molar-refractivity contribution in [3.05, 3.63) is 0 Å². The molecule has 0 amide bonds. The molecule has 0 aliphatic rings. The largest absolute Gasteiger partial charge is 0.756 e. The Kier molecular flexibility index (Phi) is 42.0. The minimum Gasteiger partial charge on any atom is -0.756 e. The fourth-order valence-corrected chi connectivity index (χ4v) is 8.47. The third kappa shape index (κ3) is 41.3. The molecule has 296 valence electrons. The first-order valence-electron chi connectivity index (χ1n) is 20.8. The van der Waals surface area contributed by atoms with Crippen LogP contribution in [0.1, 0.15) is 181 Å². The van der Waals surface area contributed by atoms with Crippen LogP contribution < -0.4 is 10.6 Å². The number of hydrogen-bond donors (Lipinski definition) is 1. The highest BCUT2D eigenvalue weighted by molar-refractivity contribution is 7.99. The van der Waals surface area contributed by atoms with Crippen molar-refractivity contribution in [2.75, 3.05) is 62.6 Å². The Labute approximate surface area is 313 Å². The molecule has 0 rings (SSSR count). The van der Waals surface area contributed by atoms with Gasteiger partial charge in [0, 0.05) is 13.2 Å². The Bertz CT molecular complexity index is 681. The molecule has 0 aromatic carbocycles. The average molecular weight is 756 g/mol. The third-order valence-electron chi connectivity index (χ3n) is 8.76. The summed E-state index contributed by atoms with van der Waals surface area (Å²) in [4.78, 5) is 12.0. The summed E-state index contributed by atoms with van der Waals surface area (Å²) in [7, 11) is -4.35. The Hall–Kier alpha value is 0.690. The second kappa shape index (κ2) is 41.4. The highest BCUT2D eigenvalue weighted by Crippen LogP contribution is 2.38. The van der Waals surface area contributed by atoms with E-state index in [0.29, 0.717) is 26.4 Å². The van der Waals surface area contributed by atoms with Gasteiger partial charge in [0.1, 0.15) is 12.7 Å². The van der Waals surface area contributed by atoms with Crippen LogP contribution in [0, 0.1) is 0 Å².